The number of halogens is 1. The molecule has 2 fully saturated rings. The number of ether oxygens (including phenoxy) is 2. The van der Waals surface area contributed by atoms with E-state index in [1.165, 1.54) is 27.7 Å². The minimum Gasteiger partial charge on any atom is -0.490 e. The molecule has 4 amide bonds. The van der Waals surface area contributed by atoms with Gasteiger partial charge in [-0.25, -0.2) is 18.9 Å². The molecular weight excluding hydrogens is 567 g/mol. The zero-order valence-electron chi connectivity index (χ0n) is 25.7. The highest BCUT2D eigenvalue weighted by molar-refractivity contribution is 5.95. The van der Waals surface area contributed by atoms with Gasteiger partial charge in [0.1, 0.15) is 23.1 Å². The number of benzene rings is 2. The van der Waals surface area contributed by atoms with Gasteiger partial charge in [-0.15, -0.1) is 0 Å². The zero-order valence-corrected chi connectivity index (χ0v) is 25.7. The molecule has 0 unspecified atom stereocenters. The van der Waals surface area contributed by atoms with E-state index in [2.05, 4.69) is 10.6 Å². The standard InChI is InChI=1S/C33H39FN4O6/c1-19-14-22(34)15-20(2)30(19)44-27-11-6-21(33(3,4)42)16-25(27)26-18-37(5)29(39)17-28(26)43-24-9-7-23(8-10-24)36-32(41)38-13-12-35-31(38)40/h6,11,14-18,23-24,42H,7-10,12-13H2,1-5H3,(H,35,40)(H,36,41). The van der Waals surface area contributed by atoms with E-state index in [0.29, 0.717) is 83.8 Å². The highest BCUT2D eigenvalue weighted by Crippen LogP contribution is 2.42. The van der Waals surface area contributed by atoms with Crippen LogP contribution in [0.15, 0.2) is 47.4 Å². The van der Waals surface area contributed by atoms with E-state index >= 15 is 0 Å². The summed E-state index contributed by atoms with van der Waals surface area (Å²) in [5.74, 6) is 0.994. The molecule has 1 saturated carbocycles. The fourth-order valence-corrected chi connectivity index (χ4v) is 5.71. The van der Waals surface area contributed by atoms with Gasteiger partial charge in [0, 0.05) is 49.6 Å². The number of rotatable bonds is 7. The van der Waals surface area contributed by atoms with Gasteiger partial charge in [-0.05, 0) is 94.3 Å². The van der Waals surface area contributed by atoms with Crippen LogP contribution in [0.3, 0.4) is 0 Å². The molecule has 234 valence electrons. The van der Waals surface area contributed by atoms with Gasteiger partial charge in [0.25, 0.3) is 5.56 Å². The van der Waals surface area contributed by atoms with Crippen LogP contribution in [0.2, 0.25) is 0 Å². The van der Waals surface area contributed by atoms with Crippen LogP contribution in [-0.2, 0) is 12.6 Å². The van der Waals surface area contributed by atoms with E-state index in [4.69, 9.17) is 9.47 Å². The summed E-state index contributed by atoms with van der Waals surface area (Å²) in [5, 5.41) is 16.4. The Kier molecular flexibility index (Phi) is 8.69. The van der Waals surface area contributed by atoms with Gasteiger partial charge in [0.2, 0.25) is 0 Å². The van der Waals surface area contributed by atoms with Crippen LogP contribution in [0.25, 0.3) is 11.1 Å². The van der Waals surface area contributed by atoms with E-state index in [1.807, 2.05) is 6.07 Å². The van der Waals surface area contributed by atoms with Crippen LogP contribution in [-0.4, -0.2) is 51.9 Å². The van der Waals surface area contributed by atoms with Gasteiger partial charge in [-0.3, -0.25) is 4.79 Å². The number of nitrogens with one attached hydrogen (secondary N) is 2. The monoisotopic (exact) mass is 606 g/mol. The average Bonchev–Trinajstić information content (AvgIpc) is 3.39. The van der Waals surface area contributed by atoms with Gasteiger partial charge < -0.3 is 29.8 Å². The molecule has 0 radical (unpaired) electrons. The molecule has 2 aliphatic rings. The molecule has 1 aliphatic carbocycles. The number of nitrogens with zero attached hydrogens (tertiary/aromatic N) is 2. The SMILES string of the molecule is Cc1cc(F)cc(C)c1Oc1ccc(C(C)(C)O)cc1-c1cn(C)c(=O)cc1OC1CCC(NC(=O)N2CCNC2=O)CC1. The number of carbonyl (C=O) groups excluding carboxylic acids is 2. The molecule has 1 aliphatic heterocycles. The Morgan fingerprint density at radius 2 is 1.70 bits per heavy atom. The molecule has 3 N–H and O–H groups in total. The first-order chi connectivity index (χ1) is 20.8. The Morgan fingerprint density at radius 1 is 1.02 bits per heavy atom. The van der Waals surface area contributed by atoms with Crippen molar-refractivity contribution in [2.24, 2.45) is 7.05 Å². The number of aryl methyl sites for hydroxylation is 3. The number of aromatic nitrogens is 1. The first-order valence-corrected chi connectivity index (χ1v) is 14.8. The maximum atomic E-state index is 14.0. The van der Waals surface area contributed by atoms with E-state index in [9.17, 15) is 23.9 Å². The predicted molar refractivity (Wildman–Crippen MR) is 164 cm³/mol. The second-order valence-corrected chi connectivity index (χ2v) is 12.2. The van der Waals surface area contributed by atoms with Gasteiger partial charge in [-0.2, -0.15) is 0 Å². The van der Waals surface area contributed by atoms with Crippen molar-refractivity contribution >= 4 is 12.1 Å². The second kappa shape index (κ2) is 12.3. The minimum atomic E-state index is -1.16. The van der Waals surface area contributed by atoms with Crippen molar-refractivity contribution in [3.63, 3.8) is 0 Å². The molecule has 0 spiro atoms. The molecule has 3 aromatic rings. The van der Waals surface area contributed by atoms with Crippen molar-refractivity contribution < 1.29 is 28.6 Å². The number of hydrogen-bond donors (Lipinski definition) is 3. The number of amides is 4. The minimum absolute atomic E-state index is 0.0930. The number of imide groups is 1. The lowest BCUT2D eigenvalue weighted by molar-refractivity contribution is 0.0786. The van der Waals surface area contributed by atoms with Gasteiger partial charge in [0.05, 0.1) is 11.7 Å². The van der Waals surface area contributed by atoms with Crippen LogP contribution in [0, 0.1) is 19.7 Å². The van der Waals surface area contributed by atoms with E-state index in [1.54, 1.807) is 53.1 Å². The van der Waals surface area contributed by atoms with Gasteiger partial charge in [-0.1, -0.05) is 6.07 Å². The second-order valence-electron chi connectivity index (χ2n) is 12.2. The zero-order chi connectivity index (χ0) is 31.8. The average molecular weight is 607 g/mol. The number of aliphatic hydroxyl groups is 1. The lowest BCUT2D eigenvalue weighted by atomic mass is 9.92. The molecule has 1 aromatic heterocycles. The molecule has 11 heteroatoms. The molecule has 2 heterocycles. The molecule has 0 atom stereocenters. The molecule has 1 saturated heterocycles. The van der Waals surface area contributed by atoms with E-state index in [-0.39, 0.29) is 29.6 Å². The summed E-state index contributed by atoms with van der Waals surface area (Å²) in [7, 11) is 1.65. The number of pyridine rings is 1. The summed E-state index contributed by atoms with van der Waals surface area (Å²) in [6.07, 6.45) is 4.04. The van der Waals surface area contributed by atoms with Crippen molar-refractivity contribution in [2.45, 2.75) is 71.1 Å². The van der Waals surface area contributed by atoms with Crippen LogP contribution < -0.4 is 25.7 Å². The summed E-state index contributed by atoms with van der Waals surface area (Å²) in [6.45, 7) is 7.71. The number of urea groups is 2. The van der Waals surface area contributed by atoms with Crippen LogP contribution in [0.5, 0.6) is 17.2 Å². The summed E-state index contributed by atoms with van der Waals surface area (Å²) in [6, 6.07) is 8.74. The third kappa shape index (κ3) is 6.72. The highest BCUT2D eigenvalue weighted by atomic mass is 19.1. The van der Waals surface area contributed by atoms with E-state index < -0.39 is 11.6 Å². The topological polar surface area (TPSA) is 122 Å². The summed E-state index contributed by atoms with van der Waals surface area (Å²) in [5.41, 5.74) is 1.69. The quantitative estimate of drug-likeness (QED) is 0.338. The maximum absolute atomic E-state index is 14.0. The van der Waals surface area contributed by atoms with Crippen molar-refractivity contribution in [3.05, 3.63) is 75.5 Å². The molecule has 5 rings (SSSR count). The smallest absolute Gasteiger partial charge is 0.325 e. The Morgan fingerprint density at radius 3 is 2.32 bits per heavy atom. The third-order valence-electron chi connectivity index (χ3n) is 8.20. The fourth-order valence-electron chi connectivity index (χ4n) is 5.71. The third-order valence-corrected chi connectivity index (χ3v) is 8.20. The van der Waals surface area contributed by atoms with Gasteiger partial charge in [0.15, 0.2) is 0 Å². The van der Waals surface area contributed by atoms with E-state index in [0.717, 1.165) is 0 Å². The Bertz CT molecular complexity index is 1620. The summed E-state index contributed by atoms with van der Waals surface area (Å²) >= 11 is 0. The molecule has 2 aromatic carbocycles. The fraction of sp³-hybridized carbons (Fsp3) is 0.424. The Balaban J connectivity index is 1.43. The lowest BCUT2D eigenvalue weighted by Gasteiger charge is -2.31. The van der Waals surface area contributed by atoms with Crippen molar-refractivity contribution in [1.29, 1.82) is 0 Å². The predicted octanol–water partition coefficient (Wildman–Crippen LogP) is 5.25. The molecule has 44 heavy (non-hydrogen) atoms. The highest BCUT2D eigenvalue weighted by Gasteiger charge is 2.31. The normalized spacial score (nSPS) is 18.6. The molecule has 0 bridgehead atoms. The van der Waals surface area contributed by atoms with Gasteiger partial charge >= 0.3 is 12.1 Å². The number of hydrogen-bond acceptors (Lipinski definition) is 6. The Hall–Kier alpha value is -4.38. The Labute approximate surface area is 255 Å². The van der Waals surface area contributed by atoms with Crippen molar-refractivity contribution in [2.75, 3.05) is 13.1 Å². The first kappa shape index (κ1) is 31.1. The van der Waals surface area contributed by atoms with Crippen molar-refractivity contribution in [1.82, 2.24) is 20.1 Å². The lowest BCUT2D eigenvalue weighted by Crippen LogP contribution is -2.47. The maximum Gasteiger partial charge on any atom is 0.325 e. The summed E-state index contributed by atoms with van der Waals surface area (Å²) < 4.78 is 28.4. The molecule has 10 nitrogen and oxygen atoms in total. The largest absolute Gasteiger partial charge is 0.490 e. The van der Waals surface area contributed by atoms with Crippen LogP contribution in [0.4, 0.5) is 14.0 Å². The van der Waals surface area contributed by atoms with Crippen LogP contribution >= 0.6 is 0 Å². The molecular formula is C33H39FN4O6. The van der Waals surface area contributed by atoms with Crippen LogP contribution in [0.1, 0.15) is 56.2 Å². The first-order valence-electron chi connectivity index (χ1n) is 14.8. The van der Waals surface area contributed by atoms with Crippen molar-refractivity contribution in [3.8, 4) is 28.4 Å². The number of carbonyl (C=O) groups is 2. The summed E-state index contributed by atoms with van der Waals surface area (Å²) in [4.78, 5) is 38.3.